The van der Waals surface area contributed by atoms with E-state index in [0.29, 0.717) is 22.7 Å². The lowest BCUT2D eigenvalue weighted by Gasteiger charge is -2.13. The molecule has 0 fully saturated rings. The molecule has 1 amide bonds. The Morgan fingerprint density at radius 1 is 1.15 bits per heavy atom. The normalized spacial score (nSPS) is 10.2. The van der Waals surface area contributed by atoms with Gasteiger partial charge in [0, 0.05) is 24.1 Å². The maximum Gasteiger partial charge on any atom is 0.253 e. The fraction of sp³-hybridized carbons (Fsp3) is 0.133. The summed E-state index contributed by atoms with van der Waals surface area (Å²) in [5.41, 5.74) is 6.90. The van der Waals surface area contributed by atoms with Gasteiger partial charge in [0.2, 0.25) is 0 Å². The third-order valence-electron chi connectivity index (χ3n) is 2.70. The number of nitrogen functional groups attached to an aromatic ring is 1. The van der Waals surface area contributed by atoms with Gasteiger partial charge in [-0.25, -0.2) is 0 Å². The molecule has 0 aromatic heterocycles. The van der Waals surface area contributed by atoms with Crippen molar-refractivity contribution in [1.29, 1.82) is 0 Å². The highest BCUT2D eigenvalue weighted by molar-refractivity contribution is 9.10. The van der Waals surface area contributed by atoms with Crippen LogP contribution in [0.3, 0.4) is 0 Å². The average Bonchev–Trinajstić information content (AvgIpc) is 2.42. The van der Waals surface area contributed by atoms with Crippen LogP contribution in [-0.4, -0.2) is 24.9 Å². The smallest absolute Gasteiger partial charge is 0.253 e. The molecule has 2 rings (SSSR count). The molecule has 0 atom stereocenters. The van der Waals surface area contributed by atoms with Crippen molar-refractivity contribution in [2.75, 3.05) is 19.8 Å². The van der Waals surface area contributed by atoms with Gasteiger partial charge in [0.15, 0.2) is 0 Å². The van der Waals surface area contributed by atoms with Crippen LogP contribution in [-0.2, 0) is 0 Å². The van der Waals surface area contributed by atoms with E-state index >= 15 is 0 Å². The number of hydrogen-bond acceptors (Lipinski definition) is 3. The summed E-state index contributed by atoms with van der Waals surface area (Å²) in [6.07, 6.45) is 0. The third kappa shape index (κ3) is 3.30. The quantitative estimate of drug-likeness (QED) is 0.873. The van der Waals surface area contributed by atoms with E-state index in [2.05, 4.69) is 15.9 Å². The van der Waals surface area contributed by atoms with E-state index in [1.54, 1.807) is 32.3 Å². The van der Waals surface area contributed by atoms with Gasteiger partial charge < -0.3 is 15.4 Å². The van der Waals surface area contributed by atoms with Crippen molar-refractivity contribution in [2.45, 2.75) is 0 Å². The molecular formula is C15H15BrN2O2. The number of carbonyl (C=O) groups is 1. The van der Waals surface area contributed by atoms with Gasteiger partial charge in [-0.15, -0.1) is 0 Å². The number of ether oxygens (including phenoxy) is 1. The van der Waals surface area contributed by atoms with Crippen molar-refractivity contribution in [3.63, 3.8) is 0 Å². The summed E-state index contributed by atoms with van der Waals surface area (Å²) in [5, 5.41) is 0. The number of benzene rings is 2. The lowest BCUT2D eigenvalue weighted by atomic mass is 10.1. The van der Waals surface area contributed by atoms with E-state index in [4.69, 9.17) is 10.5 Å². The first-order valence-electron chi connectivity index (χ1n) is 6.02. The summed E-state index contributed by atoms with van der Waals surface area (Å²) >= 11 is 3.36. The topological polar surface area (TPSA) is 55.6 Å². The van der Waals surface area contributed by atoms with Crippen LogP contribution in [0.5, 0.6) is 11.5 Å². The SMILES string of the molecule is CN(C)C(=O)c1ccc(Oc2ccc(Br)cc2)c(N)c1. The number of nitrogens with two attached hydrogens (primary N) is 1. The predicted octanol–water partition coefficient (Wildman–Crippen LogP) is 3.53. The van der Waals surface area contributed by atoms with Crippen molar-refractivity contribution in [3.8, 4) is 11.5 Å². The Morgan fingerprint density at radius 2 is 1.80 bits per heavy atom. The first kappa shape index (κ1) is 14.4. The highest BCUT2D eigenvalue weighted by atomic mass is 79.9. The summed E-state index contributed by atoms with van der Waals surface area (Å²) in [4.78, 5) is 13.3. The maximum atomic E-state index is 11.8. The van der Waals surface area contributed by atoms with Crippen LogP contribution in [0.15, 0.2) is 46.9 Å². The molecular weight excluding hydrogens is 320 g/mol. The van der Waals surface area contributed by atoms with Crippen LogP contribution in [0.1, 0.15) is 10.4 Å². The van der Waals surface area contributed by atoms with E-state index < -0.39 is 0 Å². The maximum absolute atomic E-state index is 11.8. The Kier molecular flexibility index (Phi) is 4.29. The van der Waals surface area contributed by atoms with Gasteiger partial charge in [-0.3, -0.25) is 4.79 Å². The molecule has 0 bridgehead atoms. The second kappa shape index (κ2) is 5.96. The number of carbonyl (C=O) groups excluding carboxylic acids is 1. The van der Waals surface area contributed by atoms with E-state index in [-0.39, 0.29) is 5.91 Å². The predicted molar refractivity (Wildman–Crippen MR) is 83.1 cm³/mol. The van der Waals surface area contributed by atoms with Gasteiger partial charge in [-0.2, -0.15) is 0 Å². The fourth-order valence-electron chi connectivity index (χ4n) is 1.66. The molecule has 0 radical (unpaired) electrons. The number of amides is 1. The summed E-state index contributed by atoms with van der Waals surface area (Å²) in [6.45, 7) is 0. The van der Waals surface area contributed by atoms with Crippen LogP contribution < -0.4 is 10.5 Å². The molecule has 4 nitrogen and oxygen atoms in total. The Bertz CT molecular complexity index is 624. The molecule has 20 heavy (non-hydrogen) atoms. The first-order chi connectivity index (χ1) is 9.47. The van der Waals surface area contributed by atoms with Gasteiger partial charge >= 0.3 is 0 Å². The molecule has 5 heteroatoms. The lowest BCUT2D eigenvalue weighted by molar-refractivity contribution is 0.0827. The van der Waals surface area contributed by atoms with Gasteiger partial charge in [0.05, 0.1) is 5.69 Å². The molecule has 0 aliphatic heterocycles. The zero-order valence-corrected chi connectivity index (χ0v) is 12.8. The standard InChI is InChI=1S/C15H15BrN2O2/c1-18(2)15(19)10-3-8-14(13(17)9-10)20-12-6-4-11(16)5-7-12/h3-9H,17H2,1-2H3. The molecule has 2 N–H and O–H groups in total. The van der Waals surface area contributed by atoms with Gasteiger partial charge in [-0.05, 0) is 42.5 Å². The molecule has 2 aromatic carbocycles. The summed E-state index contributed by atoms with van der Waals surface area (Å²) in [6, 6.07) is 12.5. The van der Waals surface area contributed by atoms with Crippen molar-refractivity contribution < 1.29 is 9.53 Å². The largest absolute Gasteiger partial charge is 0.455 e. The summed E-state index contributed by atoms with van der Waals surface area (Å²) in [5.74, 6) is 1.13. The highest BCUT2D eigenvalue weighted by Crippen LogP contribution is 2.29. The number of nitrogens with zero attached hydrogens (tertiary/aromatic N) is 1. The monoisotopic (exact) mass is 334 g/mol. The van der Waals surface area contributed by atoms with E-state index in [9.17, 15) is 4.79 Å². The number of anilines is 1. The molecule has 0 spiro atoms. The highest BCUT2D eigenvalue weighted by Gasteiger charge is 2.11. The minimum Gasteiger partial charge on any atom is -0.455 e. The first-order valence-corrected chi connectivity index (χ1v) is 6.81. The van der Waals surface area contributed by atoms with Crippen LogP contribution in [0, 0.1) is 0 Å². The van der Waals surface area contributed by atoms with Crippen molar-refractivity contribution in [2.24, 2.45) is 0 Å². The molecule has 0 saturated carbocycles. The molecule has 0 aliphatic rings. The summed E-state index contributed by atoms with van der Waals surface area (Å²) < 4.78 is 6.67. The van der Waals surface area contributed by atoms with Crippen molar-refractivity contribution in [3.05, 3.63) is 52.5 Å². The molecule has 0 saturated heterocycles. The van der Waals surface area contributed by atoms with E-state index in [0.717, 1.165) is 4.47 Å². The zero-order valence-electron chi connectivity index (χ0n) is 11.3. The molecule has 0 heterocycles. The molecule has 104 valence electrons. The third-order valence-corrected chi connectivity index (χ3v) is 3.23. The van der Waals surface area contributed by atoms with Crippen LogP contribution in [0.4, 0.5) is 5.69 Å². The second-order valence-corrected chi connectivity index (χ2v) is 5.42. The van der Waals surface area contributed by atoms with Crippen molar-refractivity contribution >= 4 is 27.5 Å². The van der Waals surface area contributed by atoms with Crippen LogP contribution in [0.25, 0.3) is 0 Å². The number of hydrogen-bond donors (Lipinski definition) is 1. The van der Waals surface area contributed by atoms with Gasteiger partial charge in [0.25, 0.3) is 5.91 Å². The molecule has 2 aromatic rings. The average molecular weight is 335 g/mol. The van der Waals surface area contributed by atoms with Crippen molar-refractivity contribution in [1.82, 2.24) is 4.90 Å². The van der Waals surface area contributed by atoms with E-state index in [1.807, 2.05) is 24.3 Å². The molecule has 0 unspecified atom stereocenters. The summed E-state index contributed by atoms with van der Waals surface area (Å²) in [7, 11) is 3.40. The van der Waals surface area contributed by atoms with Crippen LogP contribution >= 0.6 is 15.9 Å². The molecule has 0 aliphatic carbocycles. The van der Waals surface area contributed by atoms with E-state index in [1.165, 1.54) is 4.90 Å². The lowest BCUT2D eigenvalue weighted by Crippen LogP contribution is -2.21. The Labute approximate surface area is 126 Å². The Balaban J connectivity index is 2.22. The zero-order chi connectivity index (χ0) is 14.7. The Hall–Kier alpha value is -2.01. The number of halogens is 1. The minimum atomic E-state index is -0.0908. The minimum absolute atomic E-state index is 0.0908. The van der Waals surface area contributed by atoms with Gasteiger partial charge in [0.1, 0.15) is 11.5 Å². The van der Waals surface area contributed by atoms with Gasteiger partial charge in [-0.1, -0.05) is 15.9 Å². The fourth-order valence-corrected chi connectivity index (χ4v) is 1.93. The number of rotatable bonds is 3. The Morgan fingerprint density at radius 3 is 2.35 bits per heavy atom. The second-order valence-electron chi connectivity index (χ2n) is 4.51. The van der Waals surface area contributed by atoms with Crippen LogP contribution in [0.2, 0.25) is 0 Å².